The van der Waals surface area contributed by atoms with E-state index in [1.807, 2.05) is 0 Å². The van der Waals surface area contributed by atoms with Crippen LogP contribution in [0, 0.1) is 12.7 Å². The van der Waals surface area contributed by atoms with E-state index in [0.29, 0.717) is 37.4 Å². The number of anilines is 1. The van der Waals surface area contributed by atoms with Gasteiger partial charge in [-0.15, -0.1) is 0 Å². The fraction of sp³-hybridized carbons (Fsp3) is 0.385. The molecule has 0 unspecified atom stereocenters. The molecule has 0 bridgehead atoms. The highest BCUT2D eigenvalue weighted by atomic mass is 19.1. The highest BCUT2D eigenvalue weighted by molar-refractivity contribution is 6.39. The Morgan fingerprint density at radius 1 is 1.32 bits per heavy atom. The summed E-state index contributed by atoms with van der Waals surface area (Å²) in [6.45, 7) is 3.93. The van der Waals surface area contributed by atoms with Gasteiger partial charge in [0.25, 0.3) is 0 Å². The normalized spacial score (nSPS) is 15.2. The molecular weight excluding hydrogens is 249 g/mol. The first-order valence-corrected chi connectivity index (χ1v) is 6.15. The molecule has 102 valence electrons. The van der Waals surface area contributed by atoms with Crippen molar-refractivity contribution in [1.82, 2.24) is 10.2 Å². The molecule has 1 aliphatic heterocycles. The Hall–Kier alpha value is -1.95. The third kappa shape index (κ3) is 3.08. The molecule has 6 heteroatoms. The molecule has 0 aliphatic carbocycles. The third-order valence-corrected chi connectivity index (χ3v) is 3.11. The van der Waals surface area contributed by atoms with E-state index < -0.39 is 17.6 Å². The first-order valence-electron chi connectivity index (χ1n) is 6.15. The predicted molar refractivity (Wildman–Crippen MR) is 69.2 cm³/mol. The van der Waals surface area contributed by atoms with Gasteiger partial charge in [0.15, 0.2) is 0 Å². The van der Waals surface area contributed by atoms with Gasteiger partial charge in [0.05, 0.1) is 0 Å². The first-order chi connectivity index (χ1) is 9.09. The molecule has 2 rings (SSSR count). The molecule has 1 saturated heterocycles. The average Bonchev–Trinajstić information content (AvgIpc) is 2.44. The molecule has 2 N–H and O–H groups in total. The van der Waals surface area contributed by atoms with E-state index in [-0.39, 0.29) is 0 Å². The van der Waals surface area contributed by atoms with Crippen molar-refractivity contribution in [2.24, 2.45) is 0 Å². The molecular formula is C13H16FN3O2. The second-order valence-electron chi connectivity index (χ2n) is 4.41. The first kappa shape index (κ1) is 13.5. The quantitative estimate of drug-likeness (QED) is 0.727. The lowest BCUT2D eigenvalue weighted by molar-refractivity contribution is -0.143. The molecule has 0 atom stereocenters. The SMILES string of the molecule is Cc1c(F)cccc1NC(=O)C(=O)N1CCNCC1. The number of benzene rings is 1. The number of hydrogen-bond acceptors (Lipinski definition) is 3. The van der Waals surface area contributed by atoms with Crippen molar-refractivity contribution in [2.45, 2.75) is 6.92 Å². The van der Waals surface area contributed by atoms with E-state index >= 15 is 0 Å². The number of nitrogens with zero attached hydrogens (tertiary/aromatic N) is 1. The number of carbonyl (C=O) groups is 2. The summed E-state index contributed by atoms with van der Waals surface area (Å²) in [7, 11) is 0. The van der Waals surface area contributed by atoms with Gasteiger partial charge in [-0.3, -0.25) is 9.59 Å². The molecule has 1 fully saturated rings. The Balaban J connectivity index is 2.04. The number of halogens is 1. The topological polar surface area (TPSA) is 61.4 Å². The Bertz CT molecular complexity index is 499. The number of amides is 2. The lowest BCUT2D eigenvalue weighted by Crippen LogP contribution is -2.49. The molecule has 1 aromatic rings. The van der Waals surface area contributed by atoms with Crippen molar-refractivity contribution >= 4 is 17.5 Å². The lowest BCUT2D eigenvalue weighted by Gasteiger charge is -2.26. The van der Waals surface area contributed by atoms with E-state index in [2.05, 4.69) is 10.6 Å². The van der Waals surface area contributed by atoms with Crippen LogP contribution in [0.15, 0.2) is 18.2 Å². The van der Waals surface area contributed by atoms with Crippen LogP contribution in [0.5, 0.6) is 0 Å². The second-order valence-corrected chi connectivity index (χ2v) is 4.41. The fourth-order valence-electron chi connectivity index (χ4n) is 1.93. The van der Waals surface area contributed by atoms with Crippen molar-refractivity contribution in [3.63, 3.8) is 0 Å². The highest BCUT2D eigenvalue weighted by Crippen LogP contribution is 2.17. The molecule has 1 aliphatic rings. The van der Waals surface area contributed by atoms with Gasteiger partial charge in [-0.1, -0.05) is 6.07 Å². The van der Waals surface area contributed by atoms with Crippen molar-refractivity contribution in [3.8, 4) is 0 Å². The molecule has 1 heterocycles. The smallest absolute Gasteiger partial charge is 0.313 e. The number of carbonyl (C=O) groups excluding carboxylic acids is 2. The van der Waals surface area contributed by atoms with Crippen LogP contribution >= 0.6 is 0 Å². The molecule has 0 aromatic heterocycles. The van der Waals surface area contributed by atoms with Gasteiger partial charge in [0.1, 0.15) is 5.82 Å². The molecule has 0 spiro atoms. The fourth-order valence-corrected chi connectivity index (χ4v) is 1.93. The van der Waals surface area contributed by atoms with Crippen LogP contribution in [0.3, 0.4) is 0 Å². The maximum Gasteiger partial charge on any atom is 0.313 e. The zero-order chi connectivity index (χ0) is 13.8. The highest BCUT2D eigenvalue weighted by Gasteiger charge is 2.23. The van der Waals surface area contributed by atoms with Crippen molar-refractivity contribution < 1.29 is 14.0 Å². The van der Waals surface area contributed by atoms with E-state index in [4.69, 9.17) is 0 Å². The van der Waals surface area contributed by atoms with Gasteiger partial charge in [0, 0.05) is 37.4 Å². The maximum atomic E-state index is 13.3. The summed E-state index contributed by atoms with van der Waals surface area (Å²) < 4.78 is 13.3. The summed E-state index contributed by atoms with van der Waals surface area (Å²) in [6, 6.07) is 4.37. The van der Waals surface area contributed by atoms with E-state index in [0.717, 1.165) is 0 Å². The summed E-state index contributed by atoms with van der Waals surface area (Å²) in [5.41, 5.74) is 0.650. The Morgan fingerprint density at radius 2 is 2.00 bits per heavy atom. The van der Waals surface area contributed by atoms with Crippen LogP contribution in [0.2, 0.25) is 0 Å². The van der Waals surface area contributed by atoms with Gasteiger partial charge in [-0.05, 0) is 19.1 Å². The van der Waals surface area contributed by atoms with Crippen LogP contribution < -0.4 is 10.6 Å². The van der Waals surface area contributed by atoms with Crippen LogP contribution in [0.4, 0.5) is 10.1 Å². The molecule has 5 nitrogen and oxygen atoms in total. The second kappa shape index (κ2) is 5.79. The van der Waals surface area contributed by atoms with Crippen molar-refractivity contribution in [1.29, 1.82) is 0 Å². The molecule has 0 radical (unpaired) electrons. The summed E-state index contributed by atoms with van der Waals surface area (Å²) in [4.78, 5) is 25.2. The minimum absolute atomic E-state index is 0.323. The van der Waals surface area contributed by atoms with Crippen LogP contribution in [-0.2, 0) is 9.59 Å². The van der Waals surface area contributed by atoms with Crippen LogP contribution in [0.25, 0.3) is 0 Å². The summed E-state index contributed by atoms with van der Waals surface area (Å²) in [6.07, 6.45) is 0. The monoisotopic (exact) mass is 265 g/mol. The zero-order valence-electron chi connectivity index (χ0n) is 10.7. The Labute approximate surface area is 110 Å². The molecule has 2 amide bonds. The third-order valence-electron chi connectivity index (χ3n) is 3.11. The summed E-state index contributed by atoms with van der Waals surface area (Å²) in [5.74, 6) is -1.71. The zero-order valence-corrected chi connectivity index (χ0v) is 10.7. The minimum atomic E-state index is -0.726. The predicted octanol–water partition coefficient (Wildman–Crippen LogP) is 0.504. The lowest BCUT2D eigenvalue weighted by atomic mass is 10.2. The standard InChI is InChI=1S/C13H16FN3O2/c1-9-10(14)3-2-4-11(9)16-12(18)13(19)17-7-5-15-6-8-17/h2-4,15H,5-8H2,1H3,(H,16,18). The van der Waals surface area contributed by atoms with Gasteiger partial charge >= 0.3 is 11.8 Å². The van der Waals surface area contributed by atoms with Gasteiger partial charge in [-0.2, -0.15) is 0 Å². The van der Waals surface area contributed by atoms with Gasteiger partial charge < -0.3 is 15.5 Å². The minimum Gasteiger partial charge on any atom is -0.332 e. The van der Waals surface area contributed by atoms with E-state index in [9.17, 15) is 14.0 Å². The number of piperazine rings is 1. The Kier molecular flexibility index (Phi) is 4.11. The summed E-state index contributed by atoms with van der Waals surface area (Å²) in [5, 5.41) is 5.56. The largest absolute Gasteiger partial charge is 0.332 e. The number of hydrogen-bond donors (Lipinski definition) is 2. The van der Waals surface area contributed by atoms with Crippen LogP contribution in [-0.4, -0.2) is 42.9 Å². The molecule has 1 aromatic carbocycles. The van der Waals surface area contributed by atoms with E-state index in [1.165, 1.54) is 17.0 Å². The molecule has 0 saturated carbocycles. The summed E-state index contributed by atoms with van der Waals surface area (Å²) >= 11 is 0. The average molecular weight is 265 g/mol. The molecule has 19 heavy (non-hydrogen) atoms. The van der Waals surface area contributed by atoms with Crippen molar-refractivity contribution in [3.05, 3.63) is 29.6 Å². The Morgan fingerprint density at radius 3 is 2.68 bits per heavy atom. The number of rotatable bonds is 1. The maximum absolute atomic E-state index is 13.3. The van der Waals surface area contributed by atoms with Crippen molar-refractivity contribution in [2.75, 3.05) is 31.5 Å². The van der Waals surface area contributed by atoms with Gasteiger partial charge in [-0.25, -0.2) is 4.39 Å². The number of nitrogens with one attached hydrogen (secondary N) is 2. The van der Waals surface area contributed by atoms with Crippen LogP contribution in [0.1, 0.15) is 5.56 Å². The van der Waals surface area contributed by atoms with Gasteiger partial charge in [0.2, 0.25) is 0 Å². The van der Waals surface area contributed by atoms with E-state index in [1.54, 1.807) is 13.0 Å².